The van der Waals surface area contributed by atoms with Gasteiger partial charge in [-0.15, -0.1) is 0 Å². The summed E-state index contributed by atoms with van der Waals surface area (Å²) in [6, 6.07) is 7.56. The van der Waals surface area contributed by atoms with E-state index >= 15 is 0 Å². The number of aromatic amines is 1. The van der Waals surface area contributed by atoms with Crippen LogP contribution in [0.15, 0.2) is 36.5 Å². The summed E-state index contributed by atoms with van der Waals surface area (Å²) in [6.07, 6.45) is 5.75. The molecule has 1 fully saturated rings. The van der Waals surface area contributed by atoms with Crippen molar-refractivity contribution in [3.05, 3.63) is 64.9 Å². The Bertz CT molecular complexity index is 1190. The number of rotatable bonds is 8. The van der Waals surface area contributed by atoms with Gasteiger partial charge >= 0.3 is 0 Å². The lowest BCUT2D eigenvalue weighted by atomic mass is 9.94. The standard InChI is InChI=1S/C26H29F2N3O2/c1-15(8-17-11-30-24-7-4-18(27)9-21(17)24)12-31(13-16-2-3-16)19-10-22-20(26(29)32)5-6-23(28)25(22)33-14-19/h4-7,9,11,15-16,19,30H,2-3,8,10,12-14H2,1H3,(H2,29,32)/t15?,19-/m1/s1. The summed E-state index contributed by atoms with van der Waals surface area (Å²) < 4.78 is 33.9. The van der Waals surface area contributed by atoms with Gasteiger partial charge in [0, 0.05) is 47.4 Å². The molecule has 5 rings (SSSR count). The van der Waals surface area contributed by atoms with Crippen LogP contribution in [-0.4, -0.2) is 41.5 Å². The number of primary amides is 1. The van der Waals surface area contributed by atoms with E-state index in [2.05, 4.69) is 16.8 Å². The molecule has 33 heavy (non-hydrogen) atoms. The van der Waals surface area contributed by atoms with Gasteiger partial charge in [-0.1, -0.05) is 6.92 Å². The number of hydrogen-bond donors (Lipinski definition) is 2. The van der Waals surface area contributed by atoms with E-state index in [0.717, 1.165) is 36.0 Å². The second-order valence-corrected chi connectivity index (χ2v) is 9.65. The van der Waals surface area contributed by atoms with Gasteiger partial charge in [-0.05, 0) is 73.4 Å². The van der Waals surface area contributed by atoms with Crippen LogP contribution >= 0.6 is 0 Å². The molecular formula is C26H29F2N3O2. The quantitative estimate of drug-likeness (QED) is 0.530. The summed E-state index contributed by atoms with van der Waals surface area (Å²) in [5, 5.41) is 0.923. The summed E-state index contributed by atoms with van der Waals surface area (Å²) in [6.45, 7) is 4.37. The zero-order chi connectivity index (χ0) is 23.1. The first kappa shape index (κ1) is 21.9. The smallest absolute Gasteiger partial charge is 0.249 e. The topological polar surface area (TPSA) is 71.3 Å². The Hall–Kier alpha value is -2.93. The molecule has 3 N–H and O–H groups in total. The molecule has 1 aliphatic carbocycles. The number of benzene rings is 2. The van der Waals surface area contributed by atoms with Crippen LogP contribution in [0, 0.1) is 23.5 Å². The predicted octanol–water partition coefficient (Wildman–Crippen LogP) is 4.44. The van der Waals surface area contributed by atoms with E-state index in [1.807, 2.05) is 6.20 Å². The van der Waals surface area contributed by atoms with Crippen molar-refractivity contribution in [2.24, 2.45) is 17.6 Å². The number of carbonyl (C=O) groups is 1. The lowest BCUT2D eigenvalue weighted by molar-refractivity contribution is 0.0944. The van der Waals surface area contributed by atoms with Gasteiger partial charge in [0.1, 0.15) is 12.4 Å². The minimum atomic E-state index is -0.566. The van der Waals surface area contributed by atoms with Gasteiger partial charge in [0.05, 0.1) is 0 Å². The molecule has 2 heterocycles. The summed E-state index contributed by atoms with van der Waals surface area (Å²) in [4.78, 5) is 17.6. The van der Waals surface area contributed by atoms with Crippen molar-refractivity contribution in [1.82, 2.24) is 9.88 Å². The highest BCUT2D eigenvalue weighted by molar-refractivity contribution is 5.95. The molecular weight excluding hydrogens is 424 g/mol. The van der Waals surface area contributed by atoms with Gasteiger partial charge in [0.15, 0.2) is 11.6 Å². The first-order valence-corrected chi connectivity index (χ1v) is 11.6. The van der Waals surface area contributed by atoms with Crippen LogP contribution in [-0.2, 0) is 12.8 Å². The molecule has 3 aromatic rings. The molecule has 1 aliphatic heterocycles. The van der Waals surface area contributed by atoms with E-state index in [1.54, 1.807) is 12.1 Å². The average molecular weight is 454 g/mol. The van der Waals surface area contributed by atoms with Gasteiger partial charge in [-0.2, -0.15) is 0 Å². The van der Waals surface area contributed by atoms with Gasteiger partial charge in [-0.3, -0.25) is 9.69 Å². The van der Waals surface area contributed by atoms with Gasteiger partial charge in [-0.25, -0.2) is 8.78 Å². The van der Waals surface area contributed by atoms with Crippen LogP contribution in [0.2, 0.25) is 0 Å². The fraction of sp³-hybridized carbons (Fsp3) is 0.423. The maximum Gasteiger partial charge on any atom is 0.249 e. The van der Waals surface area contributed by atoms with Crippen LogP contribution in [0.1, 0.15) is 41.3 Å². The fourth-order valence-corrected chi connectivity index (χ4v) is 5.06. The van der Waals surface area contributed by atoms with Crippen LogP contribution in [0.5, 0.6) is 5.75 Å². The number of nitrogens with one attached hydrogen (secondary N) is 1. The number of carbonyl (C=O) groups excluding carboxylic acids is 1. The van der Waals surface area contributed by atoms with Crippen molar-refractivity contribution >= 4 is 16.8 Å². The molecule has 1 unspecified atom stereocenters. The highest BCUT2D eigenvalue weighted by Crippen LogP contribution is 2.35. The lowest BCUT2D eigenvalue weighted by Gasteiger charge is -2.37. The molecule has 1 amide bonds. The first-order chi connectivity index (χ1) is 15.9. The summed E-state index contributed by atoms with van der Waals surface area (Å²) in [5.74, 6) is -0.115. The second kappa shape index (κ2) is 8.78. The Morgan fingerprint density at radius 3 is 2.85 bits per heavy atom. The van der Waals surface area contributed by atoms with Crippen molar-refractivity contribution in [3.63, 3.8) is 0 Å². The number of H-pyrrole nitrogens is 1. The van der Waals surface area contributed by atoms with Crippen molar-refractivity contribution < 1.29 is 18.3 Å². The van der Waals surface area contributed by atoms with Gasteiger partial charge < -0.3 is 15.5 Å². The molecule has 1 aromatic heterocycles. The molecule has 2 aliphatic rings. The van der Waals surface area contributed by atoms with Crippen LogP contribution < -0.4 is 10.5 Å². The number of fused-ring (bicyclic) bond motifs is 2. The van der Waals surface area contributed by atoms with Crippen molar-refractivity contribution in [2.75, 3.05) is 19.7 Å². The highest BCUT2D eigenvalue weighted by atomic mass is 19.1. The normalized spacial score (nSPS) is 18.8. The van der Waals surface area contributed by atoms with Crippen LogP contribution in [0.4, 0.5) is 8.78 Å². The Morgan fingerprint density at radius 1 is 1.27 bits per heavy atom. The molecule has 2 aromatic carbocycles. The molecule has 2 atom stereocenters. The molecule has 0 saturated heterocycles. The Balaban J connectivity index is 1.34. The summed E-state index contributed by atoms with van der Waals surface area (Å²) in [7, 11) is 0. The van der Waals surface area contributed by atoms with Gasteiger partial charge in [0.25, 0.3) is 0 Å². The van der Waals surface area contributed by atoms with Crippen molar-refractivity contribution in [1.29, 1.82) is 0 Å². The number of aromatic nitrogens is 1. The highest BCUT2D eigenvalue weighted by Gasteiger charge is 2.34. The van der Waals surface area contributed by atoms with E-state index in [4.69, 9.17) is 10.5 Å². The minimum absolute atomic E-state index is 0.0425. The Labute approximate surface area is 191 Å². The molecule has 0 bridgehead atoms. The zero-order valence-corrected chi connectivity index (χ0v) is 18.7. The third-order valence-electron chi connectivity index (χ3n) is 6.89. The Kier molecular flexibility index (Phi) is 5.83. The number of halogens is 2. The zero-order valence-electron chi connectivity index (χ0n) is 18.7. The minimum Gasteiger partial charge on any atom is -0.489 e. The van der Waals surface area contributed by atoms with E-state index < -0.39 is 11.7 Å². The second-order valence-electron chi connectivity index (χ2n) is 9.65. The van der Waals surface area contributed by atoms with E-state index in [0.29, 0.717) is 36.0 Å². The van der Waals surface area contributed by atoms with E-state index in [9.17, 15) is 13.6 Å². The molecule has 5 nitrogen and oxygen atoms in total. The molecule has 174 valence electrons. The number of amides is 1. The van der Waals surface area contributed by atoms with E-state index in [-0.39, 0.29) is 17.6 Å². The van der Waals surface area contributed by atoms with E-state index in [1.165, 1.54) is 31.0 Å². The third kappa shape index (κ3) is 4.60. The molecule has 7 heteroatoms. The maximum atomic E-state index is 14.3. The maximum absolute atomic E-state index is 14.3. The average Bonchev–Trinajstić information content (AvgIpc) is 3.53. The summed E-state index contributed by atoms with van der Waals surface area (Å²) >= 11 is 0. The first-order valence-electron chi connectivity index (χ1n) is 11.6. The number of nitrogens with two attached hydrogens (primary N) is 1. The van der Waals surface area contributed by atoms with Crippen LogP contribution in [0.3, 0.4) is 0 Å². The van der Waals surface area contributed by atoms with Crippen LogP contribution in [0.25, 0.3) is 10.9 Å². The number of ether oxygens (including phenoxy) is 1. The molecule has 1 saturated carbocycles. The predicted molar refractivity (Wildman–Crippen MR) is 123 cm³/mol. The lowest BCUT2D eigenvalue weighted by Crippen LogP contribution is -2.46. The monoisotopic (exact) mass is 453 g/mol. The summed E-state index contributed by atoms with van der Waals surface area (Å²) in [5.41, 5.74) is 8.49. The third-order valence-corrected chi connectivity index (χ3v) is 6.89. The van der Waals surface area contributed by atoms with Gasteiger partial charge in [0.2, 0.25) is 5.91 Å². The van der Waals surface area contributed by atoms with Crippen molar-refractivity contribution in [3.8, 4) is 5.75 Å². The Morgan fingerprint density at radius 2 is 2.09 bits per heavy atom. The largest absolute Gasteiger partial charge is 0.489 e. The molecule has 0 radical (unpaired) electrons. The molecule has 0 spiro atoms. The SMILES string of the molecule is CC(Cc1c[nH]c2ccc(F)cc12)CN(CC1CC1)[C@H]1COc2c(F)ccc(C(N)=O)c2C1. The number of hydrogen-bond acceptors (Lipinski definition) is 3. The van der Waals surface area contributed by atoms with Crippen molar-refractivity contribution in [2.45, 2.75) is 38.6 Å². The fourth-order valence-electron chi connectivity index (χ4n) is 5.06. The number of nitrogens with zero attached hydrogens (tertiary/aromatic N) is 1.